The predicted molar refractivity (Wildman–Crippen MR) is 128 cm³/mol. The third-order valence-corrected chi connectivity index (χ3v) is 7.27. The van der Waals surface area contributed by atoms with E-state index in [-0.39, 0.29) is 4.90 Å². The van der Waals surface area contributed by atoms with Gasteiger partial charge in [0.05, 0.1) is 16.3 Å². The molecule has 0 N–H and O–H groups in total. The Bertz CT molecular complexity index is 1490. The number of nitrogens with zero attached hydrogens (tertiary/aromatic N) is 1. The van der Waals surface area contributed by atoms with Gasteiger partial charge in [-0.2, -0.15) is 0 Å². The van der Waals surface area contributed by atoms with Crippen LogP contribution in [0, 0.1) is 6.92 Å². The number of anilines is 2. The summed E-state index contributed by atoms with van der Waals surface area (Å²) in [5, 5.41) is 4.01. The monoisotopic (exact) mass is 423 g/mol. The maximum Gasteiger partial charge on any atom is 0.268 e. The highest BCUT2D eigenvalue weighted by molar-refractivity contribution is 7.93. The van der Waals surface area contributed by atoms with E-state index in [1.165, 1.54) is 4.31 Å². The van der Waals surface area contributed by atoms with E-state index in [2.05, 4.69) is 6.07 Å². The molecule has 5 aromatic carbocycles. The van der Waals surface area contributed by atoms with Crippen molar-refractivity contribution in [1.29, 1.82) is 0 Å². The van der Waals surface area contributed by atoms with Crippen LogP contribution in [-0.4, -0.2) is 8.42 Å². The van der Waals surface area contributed by atoms with E-state index < -0.39 is 10.0 Å². The van der Waals surface area contributed by atoms with Gasteiger partial charge < -0.3 is 0 Å². The minimum Gasteiger partial charge on any atom is -0.234 e. The molecule has 0 atom stereocenters. The van der Waals surface area contributed by atoms with E-state index in [0.29, 0.717) is 11.4 Å². The molecular weight excluding hydrogens is 402 g/mol. The summed E-state index contributed by atoms with van der Waals surface area (Å²) < 4.78 is 29.4. The van der Waals surface area contributed by atoms with Gasteiger partial charge in [-0.15, -0.1) is 0 Å². The molecule has 4 heteroatoms. The fourth-order valence-electron chi connectivity index (χ4n) is 3.99. The molecule has 0 aromatic heterocycles. The molecule has 5 rings (SSSR count). The summed E-state index contributed by atoms with van der Waals surface area (Å²) in [6.45, 7) is 1.95. The number of hydrogen-bond donors (Lipinski definition) is 0. The Morgan fingerprint density at radius 3 is 1.90 bits per heavy atom. The third kappa shape index (κ3) is 3.35. The first kappa shape index (κ1) is 19.3. The number of hydrogen-bond acceptors (Lipinski definition) is 2. The van der Waals surface area contributed by atoms with Crippen LogP contribution >= 0.6 is 0 Å². The smallest absolute Gasteiger partial charge is 0.234 e. The molecule has 0 spiro atoms. The minimum atomic E-state index is -3.85. The molecule has 5 aromatic rings. The third-order valence-electron chi connectivity index (χ3n) is 5.51. The normalized spacial score (nSPS) is 11.6. The van der Waals surface area contributed by atoms with E-state index in [4.69, 9.17) is 0 Å². The summed E-state index contributed by atoms with van der Waals surface area (Å²) in [6, 6.07) is 34.3. The van der Waals surface area contributed by atoms with Crippen LogP contribution in [0.4, 0.5) is 11.4 Å². The van der Waals surface area contributed by atoms with Gasteiger partial charge in [0.15, 0.2) is 0 Å². The SMILES string of the molecule is Cc1ccc(S(=O)(=O)N(c2ccccc2)c2cc3ccccc3c3ccccc23)cc1. The summed E-state index contributed by atoms with van der Waals surface area (Å²) in [7, 11) is -3.85. The van der Waals surface area contributed by atoms with Gasteiger partial charge in [-0.05, 0) is 53.4 Å². The zero-order valence-electron chi connectivity index (χ0n) is 17.1. The Morgan fingerprint density at radius 1 is 0.613 bits per heavy atom. The topological polar surface area (TPSA) is 37.4 Å². The molecular formula is C27H21NO2S. The van der Waals surface area contributed by atoms with Crippen molar-refractivity contribution in [3.8, 4) is 0 Å². The lowest BCUT2D eigenvalue weighted by molar-refractivity contribution is 0.596. The van der Waals surface area contributed by atoms with Crippen molar-refractivity contribution in [3.63, 3.8) is 0 Å². The molecule has 152 valence electrons. The Labute approximate surface area is 182 Å². The number of para-hydroxylation sites is 1. The van der Waals surface area contributed by atoms with Gasteiger partial charge in [0.25, 0.3) is 10.0 Å². The molecule has 0 unspecified atom stereocenters. The number of benzene rings is 5. The molecule has 31 heavy (non-hydrogen) atoms. The van der Waals surface area contributed by atoms with Crippen LogP contribution in [0.3, 0.4) is 0 Å². The summed E-state index contributed by atoms with van der Waals surface area (Å²) in [5.41, 5.74) is 2.26. The molecule has 0 aliphatic heterocycles. The summed E-state index contributed by atoms with van der Waals surface area (Å²) in [4.78, 5) is 0.263. The van der Waals surface area contributed by atoms with Crippen molar-refractivity contribution in [2.45, 2.75) is 11.8 Å². The highest BCUT2D eigenvalue weighted by atomic mass is 32.2. The molecule has 0 amide bonds. The van der Waals surface area contributed by atoms with Crippen LogP contribution in [0.5, 0.6) is 0 Å². The van der Waals surface area contributed by atoms with Crippen molar-refractivity contribution in [2.75, 3.05) is 4.31 Å². The molecule has 0 saturated heterocycles. The minimum absolute atomic E-state index is 0.263. The Balaban J connectivity index is 1.86. The summed E-state index contributed by atoms with van der Waals surface area (Å²) >= 11 is 0. The second-order valence-corrected chi connectivity index (χ2v) is 9.37. The number of sulfonamides is 1. The lowest BCUT2D eigenvalue weighted by Crippen LogP contribution is -2.26. The summed E-state index contributed by atoms with van der Waals surface area (Å²) in [6.07, 6.45) is 0. The van der Waals surface area contributed by atoms with Gasteiger partial charge in [-0.3, -0.25) is 0 Å². The molecule has 0 radical (unpaired) electrons. The zero-order valence-corrected chi connectivity index (χ0v) is 17.9. The van der Waals surface area contributed by atoms with E-state index in [0.717, 1.165) is 27.1 Å². The fourth-order valence-corrected chi connectivity index (χ4v) is 5.49. The number of rotatable bonds is 4. The van der Waals surface area contributed by atoms with Gasteiger partial charge in [-0.1, -0.05) is 84.4 Å². The van der Waals surface area contributed by atoms with Crippen molar-refractivity contribution in [1.82, 2.24) is 0 Å². The number of aryl methyl sites for hydroxylation is 1. The average Bonchev–Trinajstić information content (AvgIpc) is 2.80. The van der Waals surface area contributed by atoms with Crippen molar-refractivity contribution < 1.29 is 8.42 Å². The lowest BCUT2D eigenvalue weighted by Gasteiger charge is -2.26. The van der Waals surface area contributed by atoms with Gasteiger partial charge in [0.2, 0.25) is 0 Å². The molecule has 0 bridgehead atoms. The van der Waals surface area contributed by atoms with E-state index in [9.17, 15) is 8.42 Å². The molecule has 3 nitrogen and oxygen atoms in total. The maximum atomic E-state index is 14.0. The highest BCUT2D eigenvalue weighted by Crippen LogP contribution is 2.40. The fraction of sp³-hybridized carbons (Fsp3) is 0.0370. The Morgan fingerprint density at radius 2 is 1.19 bits per heavy atom. The molecule has 0 aliphatic rings. The summed E-state index contributed by atoms with van der Waals surface area (Å²) in [5.74, 6) is 0. The van der Waals surface area contributed by atoms with Crippen LogP contribution in [0.2, 0.25) is 0 Å². The van der Waals surface area contributed by atoms with Gasteiger partial charge in [-0.25, -0.2) is 12.7 Å². The van der Waals surface area contributed by atoms with Gasteiger partial charge in [0, 0.05) is 5.39 Å². The second-order valence-electron chi connectivity index (χ2n) is 7.58. The maximum absolute atomic E-state index is 14.0. The van der Waals surface area contributed by atoms with E-state index in [1.807, 2.05) is 97.9 Å². The average molecular weight is 424 g/mol. The van der Waals surface area contributed by atoms with Crippen molar-refractivity contribution in [2.24, 2.45) is 0 Å². The Kier molecular flexibility index (Phi) is 4.72. The van der Waals surface area contributed by atoms with Crippen LogP contribution in [0.1, 0.15) is 5.56 Å². The molecule has 0 saturated carbocycles. The van der Waals surface area contributed by atoms with Gasteiger partial charge >= 0.3 is 0 Å². The number of fused-ring (bicyclic) bond motifs is 3. The molecule has 0 fully saturated rings. The highest BCUT2D eigenvalue weighted by Gasteiger charge is 2.28. The van der Waals surface area contributed by atoms with Crippen molar-refractivity contribution >= 4 is 42.9 Å². The standard InChI is InChI=1S/C27H21NO2S/c1-20-15-17-23(18-16-20)31(29,30)28(22-10-3-2-4-11-22)27-19-21-9-5-6-12-24(21)25-13-7-8-14-26(25)27/h2-19H,1H3. The van der Waals surface area contributed by atoms with Crippen LogP contribution in [0.25, 0.3) is 21.5 Å². The zero-order chi connectivity index (χ0) is 21.4. The van der Waals surface area contributed by atoms with Crippen LogP contribution in [-0.2, 0) is 10.0 Å². The van der Waals surface area contributed by atoms with Crippen LogP contribution in [0.15, 0.2) is 114 Å². The first-order valence-electron chi connectivity index (χ1n) is 10.1. The Hall–Kier alpha value is -3.63. The van der Waals surface area contributed by atoms with E-state index in [1.54, 1.807) is 12.1 Å². The van der Waals surface area contributed by atoms with E-state index >= 15 is 0 Å². The van der Waals surface area contributed by atoms with Crippen molar-refractivity contribution in [3.05, 3.63) is 115 Å². The molecule has 0 heterocycles. The first-order valence-corrected chi connectivity index (χ1v) is 11.6. The van der Waals surface area contributed by atoms with Crippen LogP contribution < -0.4 is 4.31 Å². The second kappa shape index (κ2) is 7.56. The largest absolute Gasteiger partial charge is 0.268 e. The first-order chi connectivity index (χ1) is 15.1. The predicted octanol–water partition coefficient (Wildman–Crippen LogP) is 6.83. The lowest BCUT2D eigenvalue weighted by atomic mass is 10.00. The molecule has 0 aliphatic carbocycles. The van der Waals surface area contributed by atoms with Gasteiger partial charge in [0.1, 0.15) is 0 Å². The quantitative estimate of drug-likeness (QED) is 0.297.